The highest BCUT2D eigenvalue weighted by Gasteiger charge is 2.36. The molecule has 1 N–H and O–H groups in total. The summed E-state index contributed by atoms with van der Waals surface area (Å²) in [5.74, 6) is 0.498. The average molecular weight is 277 g/mol. The smallest absolute Gasteiger partial charge is 0.214 e. The van der Waals surface area contributed by atoms with Gasteiger partial charge in [0.2, 0.25) is 10.0 Å². The van der Waals surface area contributed by atoms with Crippen LogP contribution in [0.1, 0.15) is 26.2 Å². The van der Waals surface area contributed by atoms with E-state index in [0.717, 1.165) is 19.4 Å². The number of rotatable bonds is 5. The fraction of sp³-hybridized carbons (Fsp3) is 1.00. The maximum absolute atomic E-state index is 12.2. The molecule has 0 aromatic carbocycles. The molecule has 2 fully saturated rings. The van der Waals surface area contributed by atoms with E-state index in [1.165, 1.54) is 4.31 Å². The topological polar surface area (TPSA) is 66.8 Å². The molecule has 106 valence electrons. The van der Waals surface area contributed by atoms with Gasteiger partial charge in [0.1, 0.15) is 0 Å². The van der Waals surface area contributed by atoms with Crippen molar-refractivity contribution in [3.63, 3.8) is 0 Å². The Hall–Kier alpha value is -0.170. The first-order valence-corrected chi connectivity index (χ1v) is 8.34. The first kappa shape index (κ1) is 14.2. The minimum absolute atomic E-state index is 0.0684. The molecule has 0 spiro atoms. The van der Waals surface area contributed by atoms with Gasteiger partial charge in [-0.25, -0.2) is 12.7 Å². The molecule has 0 saturated carbocycles. The Morgan fingerprint density at radius 2 is 2.17 bits per heavy atom. The molecule has 3 atom stereocenters. The normalized spacial score (nSPS) is 34.2. The molecule has 0 aromatic rings. The van der Waals surface area contributed by atoms with Crippen molar-refractivity contribution in [3.05, 3.63) is 0 Å². The predicted octanol–water partition coefficient (Wildman–Crippen LogP) is 0.446. The van der Waals surface area contributed by atoms with Crippen LogP contribution in [0.5, 0.6) is 0 Å². The summed E-state index contributed by atoms with van der Waals surface area (Å²) >= 11 is 0. The average Bonchev–Trinajstić information content (AvgIpc) is 2.95. The maximum Gasteiger partial charge on any atom is 0.214 e. The molecule has 0 unspecified atom stereocenters. The molecule has 0 amide bonds. The molecule has 0 bridgehead atoms. The Morgan fingerprint density at radius 1 is 1.39 bits per heavy atom. The third-order valence-corrected chi connectivity index (χ3v) is 5.92. The van der Waals surface area contributed by atoms with Gasteiger partial charge in [-0.1, -0.05) is 6.92 Å². The van der Waals surface area contributed by atoms with E-state index in [1.807, 2.05) is 6.92 Å². The van der Waals surface area contributed by atoms with Crippen molar-refractivity contribution in [1.29, 1.82) is 0 Å². The molecule has 2 aliphatic rings. The Bertz CT molecular complexity index is 364. The van der Waals surface area contributed by atoms with Crippen molar-refractivity contribution >= 4 is 10.0 Å². The number of ether oxygens (including phenoxy) is 1. The molecule has 5 nitrogen and oxygen atoms in total. The number of nitrogens with zero attached hydrogens (tertiary/aromatic N) is 1. The minimum Gasteiger partial charge on any atom is -0.396 e. The van der Waals surface area contributed by atoms with Crippen LogP contribution in [-0.4, -0.2) is 56.0 Å². The van der Waals surface area contributed by atoms with Crippen molar-refractivity contribution in [2.24, 2.45) is 11.8 Å². The quantitative estimate of drug-likeness (QED) is 0.792. The van der Waals surface area contributed by atoms with Crippen molar-refractivity contribution in [2.75, 3.05) is 32.1 Å². The number of hydrogen-bond donors (Lipinski definition) is 1. The molecular weight excluding hydrogens is 254 g/mol. The molecule has 2 saturated heterocycles. The third-order valence-electron chi connectivity index (χ3n) is 4.08. The van der Waals surface area contributed by atoms with Gasteiger partial charge < -0.3 is 9.84 Å². The first-order chi connectivity index (χ1) is 8.53. The van der Waals surface area contributed by atoms with E-state index in [9.17, 15) is 13.5 Å². The molecule has 2 heterocycles. The lowest BCUT2D eigenvalue weighted by molar-refractivity contribution is 0.108. The highest BCUT2D eigenvalue weighted by molar-refractivity contribution is 7.89. The SMILES string of the molecule is C[C@@H]1CN(S(=O)(=O)CC[C@@H]2CCCO2)C[C@H]1CO. The van der Waals surface area contributed by atoms with Gasteiger partial charge >= 0.3 is 0 Å². The summed E-state index contributed by atoms with van der Waals surface area (Å²) in [6, 6.07) is 0. The van der Waals surface area contributed by atoms with E-state index < -0.39 is 10.0 Å². The Morgan fingerprint density at radius 3 is 2.72 bits per heavy atom. The van der Waals surface area contributed by atoms with E-state index in [1.54, 1.807) is 0 Å². The van der Waals surface area contributed by atoms with E-state index in [0.29, 0.717) is 19.5 Å². The van der Waals surface area contributed by atoms with Gasteiger partial charge in [0, 0.05) is 26.3 Å². The standard InChI is InChI=1S/C12H23NO4S/c1-10-7-13(8-11(10)9-14)18(15,16)6-4-12-3-2-5-17-12/h10-12,14H,2-9H2,1H3/t10-,11+,12+/m1/s1. The van der Waals surface area contributed by atoms with Gasteiger partial charge in [-0.05, 0) is 31.1 Å². The summed E-state index contributed by atoms with van der Waals surface area (Å²) in [4.78, 5) is 0. The molecule has 0 radical (unpaired) electrons. The summed E-state index contributed by atoms with van der Waals surface area (Å²) < 4.78 is 31.4. The van der Waals surface area contributed by atoms with Crippen LogP contribution in [0.15, 0.2) is 0 Å². The second-order valence-corrected chi connectivity index (χ2v) is 7.57. The van der Waals surface area contributed by atoms with Gasteiger partial charge in [0.25, 0.3) is 0 Å². The second-order valence-electron chi connectivity index (χ2n) is 5.48. The Labute approximate surface area is 109 Å². The van der Waals surface area contributed by atoms with Crippen LogP contribution < -0.4 is 0 Å². The monoisotopic (exact) mass is 277 g/mol. The third kappa shape index (κ3) is 3.23. The molecule has 6 heteroatoms. The molecule has 0 aliphatic carbocycles. The highest BCUT2D eigenvalue weighted by Crippen LogP contribution is 2.26. The zero-order valence-electron chi connectivity index (χ0n) is 10.9. The van der Waals surface area contributed by atoms with E-state index in [-0.39, 0.29) is 30.3 Å². The summed E-state index contributed by atoms with van der Waals surface area (Å²) in [7, 11) is -3.18. The molecule has 0 aromatic heterocycles. The number of sulfonamides is 1. The summed E-state index contributed by atoms with van der Waals surface area (Å²) in [5.41, 5.74) is 0. The zero-order chi connectivity index (χ0) is 13.2. The number of aliphatic hydroxyl groups is 1. The van der Waals surface area contributed by atoms with Crippen LogP contribution in [0.3, 0.4) is 0 Å². The van der Waals surface area contributed by atoms with Gasteiger partial charge in [-0.15, -0.1) is 0 Å². The van der Waals surface area contributed by atoms with Gasteiger partial charge in [0.05, 0.1) is 11.9 Å². The molecule has 2 rings (SSSR count). The van der Waals surface area contributed by atoms with E-state index in [2.05, 4.69) is 0 Å². The highest BCUT2D eigenvalue weighted by atomic mass is 32.2. The fourth-order valence-electron chi connectivity index (χ4n) is 2.73. The molecule has 2 aliphatic heterocycles. The molecular formula is C12H23NO4S. The summed E-state index contributed by atoms with van der Waals surface area (Å²) in [6.07, 6.45) is 2.73. The Kier molecular flexibility index (Phi) is 4.64. The lowest BCUT2D eigenvalue weighted by atomic mass is 10.00. The van der Waals surface area contributed by atoms with Gasteiger partial charge in [-0.2, -0.15) is 0 Å². The molecule has 18 heavy (non-hydrogen) atoms. The lowest BCUT2D eigenvalue weighted by Crippen LogP contribution is -2.32. The van der Waals surface area contributed by atoms with Crippen LogP contribution in [0.2, 0.25) is 0 Å². The van der Waals surface area contributed by atoms with Gasteiger partial charge in [0.15, 0.2) is 0 Å². The first-order valence-electron chi connectivity index (χ1n) is 6.73. The maximum atomic E-state index is 12.2. The fourth-order valence-corrected chi connectivity index (χ4v) is 4.43. The predicted molar refractivity (Wildman–Crippen MR) is 68.7 cm³/mol. The van der Waals surface area contributed by atoms with Crippen molar-refractivity contribution in [3.8, 4) is 0 Å². The van der Waals surface area contributed by atoms with Crippen LogP contribution in [0, 0.1) is 11.8 Å². The van der Waals surface area contributed by atoms with E-state index in [4.69, 9.17) is 4.74 Å². The van der Waals surface area contributed by atoms with E-state index >= 15 is 0 Å². The second kappa shape index (κ2) is 5.86. The lowest BCUT2D eigenvalue weighted by Gasteiger charge is -2.17. The van der Waals surface area contributed by atoms with Crippen LogP contribution in [0.4, 0.5) is 0 Å². The van der Waals surface area contributed by atoms with Crippen molar-refractivity contribution < 1.29 is 18.3 Å². The number of aliphatic hydroxyl groups excluding tert-OH is 1. The zero-order valence-corrected chi connectivity index (χ0v) is 11.7. The largest absolute Gasteiger partial charge is 0.396 e. The summed E-state index contributed by atoms with van der Waals surface area (Å²) in [6.45, 7) is 3.83. The van der Waals surface area contributed by atoms with Crippen molar-refractivity contribution in [1.82, 2.24) is 4.31 Å². The van der Waals surface area contributed by atoms with Crippen LogP contribution in [-0.2, 0) is 14.8 Å². The van der Waals surface area contributed by atoms with Crippen molar-refractivity contribution in [2.45, 2.75) is 32.3 Å². The number of hydrogen-bond acceptors (Lipinski definition) is 4. The minimum atomic E-state index is -3.18. The van der Waals surface area contributed by atoms with Crippen LogP contribution in [0.25, 0.3) is 0 Å². The van der Waals surface area contributed by atoms with Crippen LogP contribution >= 0.6 is 0 Å². The van der Waals surface area contributed by atoms with Gasteiger partial charge in [-0.3, -0.25) is 0 Å². The summed E-state index contributed by atoms with van der Waals surface area (Å²) in [5, 5.41) is 9.18. The Balaban J connectivity index is 1.86.